The molecule has 0 amide bonds. The van der Waals surface area contributed by atoms with Crippen LogP contribution in [0.3, 0.4) is 0 Å². The zero-order chi connectivity index (χ0) is 14.8. The van der Waals surface area contributed by atoms with Crippen molar-refractivity contribution in [3.63, 3.8) is 0 Å². The number of anilines is 1. The van der Waals surface area contributed by atoms with Gasteiger partial charge in [0, 0.05) is 25.2 Å². The number of aryl methyl sites for hydroxylation is 1. The first-order valence-electron chi connectivity index (χ1n) is 7.74. The number of esters is 1. The van der Waals surface area contributed by atoms with Crippen molar-refractivity contribution in [1.82, 2.24) is 9.88 Å². The molecule has 5 nitrogen and oxygen atoms in total. The van der Waals surface area contributed by atoms with E-state index in [2.05, 4.69) is 15.2 Å². The van der Waals surface area contributed by atoms with Gasteiger partial charge >= 0.3 is 5.97 Å². The second kappa shape index (κ2) is 6.02. The number of nitrogens with zero attached hydrogens (tertiary/aromatic N) is 2. The number of hydrogen-bond donors (Lipinski definition) is 1. The number of aromatic nitrogens is 1. The van der Waals surface area contributed by atoms with Crippen LogP contribution in [0.25, 0.3) is 0 Å². The third-order valence-electron chi connectivity index (χ3n) is 4.36. The number of nitrogens with one attached hydrogen (secondary N) is 1. The molecule has 2 aliphatic heterocycles. The molecule has 3 rings (SSSR count). The molecule has 2 aliphatic rings. The van der Waals surface area contributed by atoms with Crippen molar-refractivity contribution < 1.29 is 9.53 Å². The molecule has 114 valence electrons. The summed E-state index contributed by atoms with van der Waals surface area (Å²) < 4.78 is 5.26. The first kappa shape index (κ1) is 14.3. The predicted octanol–water partition coefficient (Wildman–Crippen LogP) is 1.83. The van der Waals surface area contributed by atoms with Gasteiger partial charge in [0.25, 0.3) is 0 Å². The lowest BCUT2D eigenvalue weighted by Crippen LogP contribution is -2.37. The Hall–Kier alpha value is -1.62. The van der Waals surface area contributed by atoms with Crippen LogP contribution >= 0.6 is 0 Å². The summed E-state index contributed by atoms with van der Waals surface area (Å²) in [7, 11) is 0. The zero-order valence-corrected chi connectivity index (χ0v) is 12.7. The number of cyclic esters (lactones) is 1. The van der Waals surface area contributed by atoms with Crippen molar-refractivity contribution in [2.24, 2.45) is 5.92 Å². The third-order valence-corrected chi connectivity index (χ3v) is 4.36. The van der Waals surface area contributed by atoms with Crippen LogP contribution in [-0.4, -0.2) is 47.6 Å². The maximum absolute atomic E-state index is 11.8. The van der Waals surface area contributed by atoms with E-state index in [1.165, 1.54) is 0 Å². The minimum atomic E-state index is -0.0449. The Morgan fingerprint density at radius 2 is 2.33 bits per heavy atom. The fraction of sp³-hybridized carbons (Fsp3) is 0.625. The summed E-state index contributed by atoms with van der Waals surface area (Å²) in [6, 6.07) is 5.98. The monoisotopic (exact) mass is 289 g/mol. The molecule has 1 aromatic rings. The lowest BCUT2D eigenvalue weighted by molar-refractivity contribution is -0.144. The molecule has 2 saturated heterocycles. The van der Waals surface area contributed by atoms with E-state index in [9.17, 15) is 4.79 Å². The molecule has 0 aliphatic carbocycles. The van der Waals surface area contributed by atoms with Gasteiger partial charge in [-0.1, -0.05) is 6.07 Å². The van der Waals surface area contributed by atoms with Gasteiger partial charge in [-0.15, -0.1) is 0 Å². The van der Waals surface area contributed by atoms with Crippen molar-refractivity contribution in [1.29, 1.82) is 0 Å². The van der Waals surface area contributed by atoms with E-state index in [0.717, 1.165) is 44.0 Å². The van der Waals surface area contributed by atoms with Crippen LogP contribution in [0.4, 0.5) is 5.82 Å². The second-order valence-electron chi connectivity index (χ2n) is 6.19. The smallest absolute Gasteiger partial charge is 0.323 e. The maximum Gasteiger partial charge on any atom is 0.323 e. The lowest BCUT2D eigenvalue weighted by atomic mass is 10.1. The molecule has 0 bridgehead atoms. The van der Waals surface area contributed by atoms with Crippen LogP contribution in [0, 0.1) is 12.8 Å². The molecule has 3 heterocycles. The minimum absolute atomic E-state index is 0.0258. The Bertz CT molecular complexity index is 520. The fourth-order valence-electron chi connectivity index (χ4n) is 3.24. The molecule has 0 saturated carbocycles. The highest BCUT2D eigenvalue weighted by Gasteiger charge is 2.39. The van der Waals surface area contributed by atoms with Crippen molar-refractivity contribution in [3.05, 3.63) is 23.9 Å². The highest BCUT2D eigenvalue weighted by molar-refractivity contribution is 5.78. The number of rotatable bonds is 4. The second-order valence-corrected chi connectivity index (χ2v) is 6.19. The number of carbonyl (C=O) groups excluding carboxylic acids is 1. The van der Waals surface area contributed by atoms with E-state index >= 15 is 0 Å². The Balaban J connectivity index is 1.50. The predicted molar refractivity (Wildman–Crippen MR) is 81.1 cm³/mol. The molecule has 3 atom stereocenters. The van der Waals surface area contributed by atoms with Gasteiger partial charge in [0.05, 0.1) is 0 Å². The summed E-state index contributed by atoms with van der Waals surface area (Å²) in [5, 5.41) is 3.40. The maximum atomic E-state index is 11.8. The molecule has 1 aromatic heterocycles. The van der Waals surface area contributed by atoms with Gasteiger partial charge in [-0.3, -0.25) is 9.69 Å². The van der Waals surface area contributed by atoms with Gasteiger partial charge < -0.3 is 10.1 Å². The van der Waals surface area contributed by atoms with Crippen LogP contribution in [0.15, 0.2) is 18.2 Å². The topological polar surface area (TPSA) is 54.5 Å². The average molecular weight is 289 g/mol. The summed E-state index contributed by atoms with van der Waals surface area (Å²) in [6.07, 6.45) is 2.02. The molecular weight excluding hydrogens is 266 g/mol. The Labute approximate surface area is 125 Å². The van der Waals surface area contributed by atoms with Gasteiger partial charge in [-0.25, -0.2) is 4.98 Å². The summed E-state index contributed by atoms with van der Waals surface area (Å²) in [5.41, 5.74) is 1.02. The van der Waals surface area contributed by atoms with E-state index in [4.69, 9.17) is 4.74 Å². The first-order chi connectivity index (χ1) is 10.1. The molecule has 2 fully saturated rings. The number of carbonyl (C=O) groups is 1. The van der Waals surface area contributed by atoms with E-state index in [1.807, 2.05) is 32.0 Å². The fourth-order valence-corrected chi connectivity index (χ4v) is 3.24. The molecular formula is C16H23N3O2. The molecule has 21 heavy (non-hydrogen) atoms. The zero-order valence-electron chi connectivity index (χ0n) is 12.7. The average Bonchev–Trinajstić information content (AvgIpc) is 3.03. The standard InChI is InChI=1S/C16H23N3O2/c1-11-4-3-5-15(18-11)17-9-13-6-7-19(10-13)14-8-12(2)21-16(14)20/h3-5,12-14H,6-10H2,1-2H3,(H,17,18)/t12-,13-,14-/m0/s1. The SMILES string of the molecule is Cc1cccc(NC[C@@H]2CCN([C@H]3C[C@H](C)OC3=O)C2)n1. The highest BCUT2D eigenvalue weighted by Crippen LogP contribution is 2.26. The Morgan fingerprint density at radius 1 is 1.48 bits per heavy atom. The molecule has 0 unspecified atom stereocenters. The third kappa shape index (κ3) is 3.35. The summed E-state index contributed by atoms with van der Waals surface area (Å²) >= 11 is 0. The van der Waals surface area contributed by atoms with Crippen molar-refractivity contribution >= 4 is 11.8 Å². The minimum Gasteiger partial charge on any atom is -0.461 e. The number of likely N-dealkylation sites (tertiary alicyclic amines) is 1. The van der Waals surface area contributed by atoms with Crippen molar-refractivity contribution in [3.8, 4) is 0 Å². The van der Waals surface area contributed by atoms with Gasteiger partial charge in [0.1, 0.15) is 18.0 Å². The number of hydrogen-bond acceptors (Lipinski definition) is 5. The highest BCUT2D eigenvalue weighted by atomic mass is 16.6. The van der Waals surface area contributed by atoms with Gasteiger partial charge in [-0.05, 0) is 44.9 Å². The normalized spacial score (nSPS) is 29.6. The van der Waals surface area contributed by atoms with E-state index in [0.29, 0.717) is 5.92 Å². The summed E-state index contributed by atoms with van der Waals surface area (Å²) in [6.45, 7) is 6.82. The van der Waals surface area contributed by atoms with Gasteiger partial charge in [-0.2, -0.15) is 0 Å². The van der Waals surface area contributed by atoms with E-state index in [-0.39, 0.29) is 18.1 Å². The van der Waals surface area contributed by atoms with Crippen molar-refractivity contribution in [2.75, 3.05) is 25.0 Å². The van der Waals surface area contributed by atoms with Crippen LogP contribution in [0.1, 0.15) is 25.5 Å². The van der Waals surface area contributed by atoms with Crippen LogP contribution in [0.2, 0.25) is 0 Å². The molecule has 0 radical (unpaired) electrons. The van der Waals surface area contributed by atoms with E-state index in [1.54, 1.807) is 0 Å². The Morgan fingerprint density at radius 3 is 3.05 bits per heavy atom. The van der Waals surface area contributed by atoms with E-state index < -0.39 is 0 Å². The summed E-state index contributed by atoms with van der Waals surface area (Å²) in [5.74, 6) is 1.45. The van der Waals surface area contributed by atoms with Crippen LogP contribution in [0.5, 0.6) is 0 Å². The van der Waals surface area contributed by atoms with Crippen molar-refractivity contribution in [2.45, 2.75) is 38.8 Å². The largest absolute Gasteiger partial charge is 0.461 e. The molecule has 5 heteroatoms. The molecule has 0 spiro atoms. The quantitative estimate of drug-likeness (QED) is 0.857. The number of pyridine rings is 1. The first-order valence-corrected chi connectivity index (χ1v) is 7.74. The van der Waals surface area contributed by atoms with Crippen LogP contribution < -0.4 is 5.32 Å². The van der Waals surface area contributed by atoms with Gasteiger partial charge in [0.2, 0.25) is 0 Å². The molecule has 1 N–H and O–H groups in total. The Kier molecular flexibility index (Phi) is 4.10. The van der Waals surface area contributed by atoms with Crippen LogP contribution in [-0.2, 0) is 9.53 Å². The van der Waals surface area contributed by atoms with Gasteiger partial charge in [0.15, 0.2) is 0 Å². The summed E-state index contributed by atoms with van der Waals surface area (Å²) in [4.78, 5) is 18.5. The number of ether oxygens (including phenoxy) is 1. The lowest BCUT2D eigenvalue weighted by Gasteiger charge is -2.20. The molecule has 0 aromatic carbocycles.